The maximum absolute atomic E-state index is 13.4. The molecule has 0 amide bonds. The van der Waals surface area contributed by atoms with Gasteiger partial charge in [-0.1, -0.05) is 36.8 Å². The van der Waals surface area contributed by atoms with Crippen molar-refractivity contribution < 1.29 is 9.13 Å². The Kier molecular flexibility index (Phi) is 5.37. The highest BCUT2D eigenvalue weighted by molar-refractivity contribution is 9.10. The average molecular weight is 352 g/mol. The molecule has 2 N–H and O–H groups in total. The van der Waals surface area contributed by atoms with Crippen LogP contribution in [-0.2, 0) is 0 Å². The number of ether oxygens (including phenoxy) is 1. The SMILES string of the molecule is CCC(N)C(Oc1cc(F)ccc1Br)c1cccc(C)c1. The van der Waals surface area contributed by atoms with Crippen LogP contribution in [0.1, 0.15) is 30.6 Å². The van der Waals surface area contributed by atoms with Crippen molar-refractivity contribution >= 4 is 15.9 Å². The van der Waals surface area contributed by atoms with Crippen LogP contribution >= 0.6 is 15.9 Å². The van der Waals surface area contributed by atoms with Gasteiger partial charge in [0.1, 0.15) is 17.7 Å². The molecule has 0 aliphatic carbocycles. The largest absolute Gasteiger partial charge is 0.483 e. The summed E-state index contributed by atoms with van der Waals surface area (Å²) in [7, 11) is 0. The molecule has 2 atom stereocenters. The highest BCUT2D eigenvalue weighted by Gasteiger charge is 2.21. The molecule has 0 aliphatic heterocycles. The van der Waals surface area contributed by atoms with E-state index in [2.05, 4.69) is 15.9 Å². The lowest BCUT2D eigenvalue weighted by Gasteiger charge is -2.25. The third-order valence-electron chi connectivity index (χ3n) is 3.38. The van der Waals surface area contributed by atoms with Crippen LogP contribution in [0, 0.1) is 12.7 Å². The van der Waals surface area contributed by atoms with Crippen molar-refractivity contribution in [1.82, 2.24) is 0 Å². The summed E-state index contributed by atoms with van der Waals surface area (Å²) in [4.78, 5) is 0. The van der Waals surface area contributed by atoms with Gasteiger partial charge in [-0.05, 0) is 47.0 Å². The highest BCUT2D eigenvalue weighted by atomic mass is 79.9. The van der Waals surface area contributed by atoms with Gasteiger partial charge >= 0.3 is 0 Å². The zero-order chi connectivity index (χ0) is 15.4. The van der Waals surface area contributed by atoms with Gasteiger partial charge in [-0.15, -0.1) is 0 Å². The molecule has 0 radical (unpaired) electrons. The molecule has 21 heavy (non-hydrogen) atoms. The minimum atomic E-state index is -0.332. The summed E-state index contributed by atoms with van der Waals surface area (Å²) < 4.78 is 20.1. The normalized spacial score (nSPS) is 13.8. The molecule has 0 saturated carbocycles. The Morgan fingerprint density at radius 2 is 2.00 bits per heavy atom. The Morgan fingerprint density at radius 3 is 2.67 bits per heavy atom. The fraction of sp³-hybridized carbons (Fsp3) is 0.294. The van der Waals surface area contributed by atoms with Gasteiger partial charge in [-0.25, -0.2) is 4.39 Å². The van der Waals surface area contributed by atoms with Gasteiger partial charge in [0.05, 0.1) is 4.47 Å². The van der Waals surface area contributed by atoms with Crippen LogP contribution in [0.3, 0.4) is 0 Å². The van der Waals surface area contributed by atoms with Crippen molar-refractivity contribution in [2.75, 3.05) is 0 Å². The smallest absolute Gasteiger partial charge is 0.139 e. The summed E-state index contributed by atoms with van der Waals surface area (Å²) in [5, 5.41) is 0. The molecule has 2 aromatic rings. The molecular formula is C17H19BrFNO. The van der Waals surface area contributed by atoms with Crippen LogP contribution in [0.25, 0.3) is 0 Å². The molecule has 2 aromatic carbocycles. The second-order valence-electron chi connectivity index (χ2n) is 5.10. The third kappa shape index (κ3) is 4.05. The van der Waals surface area contributed by atoms with Gasteiger partial charge in [0.25, 0.3) is 0 Å². The van der Waals surface area contributed by atoms with Crippen molar-refractivity contribution in [3.63, 3.8) is 0 Å². The Morgan fingerprint density at radius 1 is 1.24 bits per heavy atom. The summed E-state index contributed by atoms with van der Waals surface area (Å²) in [5.41, 5.74) is 8.34. The number of rotatable bonds is 5. The fourth-order valence-corrected chi connectivity index (χ4v) is 2.51. The maximum Gasteiger partial charge on any atom is 0.139 e. The summed E-state index contributed by atoms with van der Waals surface area (Å²) in [5.74, 6) is 0.131. The lowest BCUT2D eigenvalue weighted by Crippen LogP contribution is -2.31. The van der Waals surface area contributed by atoms with E-state index in [1.54, 1.807) is 6.07 Å². The Balaban J connectivity index is 2.35. The van der Waals surface area contributed by atoms with Crippen LogP contribution in [-0.4, -0.2) is 6.04 Å². The Bertz CT molecular complexity index is 617. The molecule has 0 fully saturated rings. The van der Waals surface area contributed by atoms with Crippen LogP contribution in [0.4, 0.5) is 4.39 Å². The molecule has 2 nitrogen and oxygen atoms in total. The number of hydrogen-bond acceptors (Lipinski definition) is 2. The zero-order valence-corrected chi connectivity index (χ0v) is 13.7. The molecule has 0 aromatic heterocycles. The molecular weight excluding hydrogens is 333 g/mol. The highest BCUT2D eigenvalue weighted by Crippen LogP contribution is 2.32. The summed E-state index contributed by atoms with van der Waals surface area (Å²) in [6, 6.07) is 12.3. The van der Waals surface area contributed by atoms with Crippen molar-refractivity contribution in [2.24, 2.45) is 5.73 Å². The van der Waals surface area contributed by atoms with E-state index < -0.39 is 0 Å². The molecule has 2 unspecified atom stereocenters. The minimum Gasteiger partial charge on any atom is -0.483 e. The van der Waals surface area contributed by atoms with E-state index >= 15 is 0 Å². The van der Waals surface area contributed by atoms with Crippen molar-refractivity contribution in [3.8, 4) is 5.75 Å². The summed E-state index contributed by atoms with van der Waals surface area (Å²) in [6.07, 6.45) is 0.457. The number of nitrogens with two attached hydrogens (primary N) is 1. The topological polar surface area (TPSA) is 35.2 Å². The lowest BCUT2D eigenvalue weighted by atomic mass is 9.99. The van der Waals surface area contributed by atoms with Gasteiger partial charge < -0.3 is 10.5 Å². The lowest BCUT2D eigenvalue weighted by molar-refractivity contribution is 0.169. The number of halogens is 2. The molecule has 0 aliphatic rings. The first-order chi connectivity index (χ1) is 10.0. The predicted octanol–water partition coefficient (Wildman–Crippen LogP) is 4.75. The Labute approximate surface area is 133 Å². The molecule has 112 valence electrons. The molecule has 0 spiro atoms. The summed E-state index contributed by atoms with van der Waals surface area (Å²) >= 11 is 3.38. The van der Waals surface area contributed by atoms with Crippen LogP contribution < -0.4 is 10.5 Å². The molecule has 2 rings (SSSR count). The van der Waals surface area contributed by atoms with E-state index in [1.165, 1.54) is 12.1 Å². The molecule has 0 bridgehead atoms. The van der Waals surface area contributed by atoms with E-state index in [0.717, 1.165) is 17.5 Å². The first-order valence-electron chi connectivity index (χ1n) is 6.95. The second kappa shape index (κ2) is 7.05. The van der Waals surface area contributed by atoms with Crippen LogP contribution in [0.15, 0.2) is 46.9 Å². The molecule has 0 heterocycles. The number of benzene rings is 2. The van der Waals surface area contributed by atoms with E-state index in [4.69, 9.17) is 10.5 Å². The van der Waals surface area contributed by atoms with E-state index in [-0.39, 0.29) is 18.0 Å². The van der Waals surface area contributed by atoms with Gasteiger partial charge in [0, 0.05) is 12.1 Å². The van der Waals surface area contributed by atoms with Crippen molar-refractivity contribution in [3.05, 3.63) is 63.9 Å². The third-order valence-corrected chi connectivity index (χ3v) is 4.03. The number of hydrogen-bond donors (Lipinski definition) is 1. The standard InChI is InChI=1S/C17H19BrFNO/c1-3-15(20)17(12-6-4-5-11(2)9-12)21-16-10-13(19)7-8-14(16)18/h4-10,15,17H,3,20H2,1-2H3. The van der Waals surface area contributed by atoms with Crippen LogP contribution in [0.2, 0.25) is 0 Å². The molecule has 0 saturated heterocycles. The van der Waals surface area contributed by atoms with Crippen molar-refractivity contribution in [2.45, 2.75) is 32.4 Å². The predicted molar refractivity (Wildman–Crippen MR) is 86.9 cm³/mol. The maximum atomic E-state index is 13.4. The van der Waals surface area contributed by atoms with E-state index in [9.17, 15) is 4.39 Å². The second-order valence-corrected chi connectivity index (χ2v) is 5.95. The van der Waals surface area contributed by atoms with Gasteiger partial charge in [-0.3, -0.25) is 0 Å². The first kappa shape index (κ1) is 16.0. The summed E-state index contributed by atoms with van der Waals surface area (Å²) in [6.45, 7) is 4.04. The quantitative estimate of drug-likeness (QED) is 0.843. The fourth-order valence-electron chi connectivity index (χ4n) is 2.17. The van der Waals surface area contributed by atoms with E-state index in [1.807, 2.05) is 38.1 Å². The van der Waals surface area contributed by atoms with Gasteiger partial charge in [0.15, 0.2) is 0 Å². The number of aryl methyl sites for hydroxylation is 1. The van der Waals surface area contributed by atoms with Gasteiger partial charge in [-0.2, -0.15) is 0 Å². The van der Waals surface area contributed by atoms with Crippen LogP contribution in [0.5, 0.6) is 5.75 Å². The van der Waals surface area contributed by atoms with E-state index in [0.29, 0.717) is 10.2 Å². The average Bonchev–Trinajstić information content (AvgIpc) is 2.47. The first-order valence-corrected chi connectivity index (χ1v) is 7.74. The van der Waals surface area contributed by atoms with Crippen molar-refractivity contribution in [1.29, 1.82) is 0 Å². The zero-order valence-electron chi connectivity index (χ0n) is 12.1. The minimum absolute atomic E-state index is 0.165. The monoisotopic (exact) mass is 351 g/mol. The molecule has 4 heteroatoms. The van der Waals surface area contributed by atoms with Gasteiger partial charge in [0.2, 0.25) is 0 Å². The Hall–Kier alpha value is -1.39.